The third-order valence-electron chi connectivity index (χ3n) is 4.48. The summed E-state index contributed by atoms with van der Waals surface area (Å²) >= 11 is 1.45. The molecule has 1 aromatic heterocycles. The lowest BCUT2D eigenvalue weighted by atomic mass is 9.83. The Balaban J connectivity index is 1.62. The molecular weight excluding hydrogens is 274 g/mol. The number of likely N-dealkylation sites (tertiary alicyclic amines) is 2. The Morgan fingerprint density at radius 1 is 1.45 bits per heavy atom. The fourth-order valence-electron chi connectivity index (χ4n) is 3.49. The highest BCUT2D eigenvalue weighted by molar-refractivity contribution is 7.15. The Morgan fingerprint density at radius 2 is 2.25 bits per heavy atom. The van der Waals surface area contributed by atoms with Crippen LogP contribution in [0.3, 0.4) is 0 Å². The van der Waals surface area contributed by atoms with Crippen LogP contribution >= 0.6 is 11.3 Å². The minimum Gasteiger partial charge on any atom is -0.363 e. The monoisotopic (exact) mass is 295 g/mol. The van der Waals surface area contributed by atoms with Crippen LogP contribution in [0.4, 0.5) is 5.13 Å². The van der Waals surface area contributed by atoms with E-state index in [4.69, 9.17) is 0 Å². The number of amides is 1. The summed E-state index contributed by atoms with van der Waals surface area (Å²) in [4.78, 5) is 16.8. The predicted molar refractivity (Wildman–Crippen MR) is 78.8 cm³/mol. The van der Waals surface area contributed by atoms with Crippen LogP contribution in [0.2, 0.25) is 0 Å². The van der Waals surface area contributed by atoms with Gasteiger partial charge in [-0.05, 0) is 13.0 Å². The minimum atomic E-state index is 0.182. The zero-order valence-electron chi connectivity index (χ0n) is 12.2. The molecule has 0 aromatic carbocycles. The fraction of sp³-hybridized carbons (Fsp3) is 0.769. The second-order valence-corrected chi connectivity index (χ2v) is 7.31. The summed E-state index contributed by atoms with van der Waals surface area (Å²) in [6.07, 6.45) is 0.373. The largest absolute Gasteiger partial charge is 0.363 e. The molecule has 0 unspecified atom stereocenters. The Kier molecular flexibility index (Phi) is 3.41. The number of anilines is 1. The minimum absolute atomic E-state index is 0.182. The summed E-state index contributed by atoms with van der Waals surface area (Å²) in [6.45, 7) is 6.25. The van der Waals surface area contributed by atoms with E-state index in [1.54, 1.807) is 0 Å². The third-order valence-corrected chi connectivity index (χ3v) is 5.42. The maximum absolute atomic E-state index is 12.4. The SMILES string of the molecule is CNc1nnc(CC(=O)N2C[C@@H]3CN(C)C[C@]3(C)C2)s1. The van der Waals surface area contributed by atoms with Gasteiger partial charge < -0.3 is 15.1 Å². The molecule has 1 N–H and O–H groups in total. The smallest absolute Gasteiger partial charge is 0.229 e. The van der Waals surface area contributed by atoms with Crippen molar-refractivity contribution in [2.45, 2.75) is 13.3 Å². The number of hydrogen-bond donors (Lipinski definition) is 1. The van der Waals surface area contributed by atoms with Gasteiger partial charge in [-0.15, -0.1) is 10.2 Å². The number of fused-ring (bicyclic) bond motifs is 1. The highest BCUT2D eigenvalue weighted by Crippen LogP contribution is 2.41. The van der Waals surface area contributed by atoms with Crippen LogP contribution in [0, 0.1) is 11.3 Å². The second-order valence-electron chi connectivity index (χ2n) is 6.25. The number of rotatable bonds is 3. The van der Waals surface area contributed by atoms with Crippen molar-refractivity contribution in [3.8, 4) is 0 Å². The summed E-state index contributed by atoms with van der Waals surface area (Å²) in [5.74, 6) is 0.792. The molecule has 2 aliphatic rings. The summed E-state index contributed by atoms with van der Waals surface area (Å²) in [5.41, 5.74) is 0.266. The van der Waals surface area contributed by atoms with Crippen LogP contribution in [0.25, 0.3) is 0 Å². The zero-order valence-corrected chi connectivity index (χ0v) is 13.0. The van der Waals surface area contributed by atoms with Crippen LogP contribution < -0.4 is 5.32 Å². The van der Waals surface area contributed by atoms with Gasteiger partial charge in [0.15, 0.2) is 0 Å². The lowest BCUT2D eigenvalue weighted by Crippen LogP contribution is -2.35. The van der Waals surface area contributed by atoms with Crippen molar-refractivity contribution in [3.05, 3.63) is 5.01 Å². The number of hydrogen-bond acceptors (Lipinski definition) is 6. The lowest BCUT2D eigenvalue weighted by molar-refractivity contribution is -0.130. The molecule has 2 fully saturated rings. The highest BCUT2D eigenvalue weighted by atomic mass is 32.1. The van der Waals surface area contributed by atoms with E-state index in [1.165, 1.54) is 11.3 Å². The average molecular weight is 295 g/mol. The van der Waals surface area contributed by atoms with Crippen LogP contribution in [-0.2, 0) is 11.2 Å². The molecule has 110 valence electrons. The van der Waals surface area contributed by atoms with Gasteiger partial charge in [0.1, 0.15) is 5.01 Å². The third kappa shape index (κ3) is 2.40. The zero-order chi connectivity index (χ0) is 14.3. The number of carbonyl (C=O) groups is 1. The van der Waals surface area contributed by atoms with E-state index in [0.29, 0.717) is 12.3 Å². The van der Waals surface area contributed by atoms with Gasteiger partial charge in [0.05, 0.1) is 6.42 Å². The van der Waals surface area contributed by atoms with E-state index in [-0.39, 0.29) is 11.3 Å². The molecule has 0 saturated carbocycles. The van der Waals surface area contributed by atoms with Crippen molar-refractivity contribution in [1.29, 1.82) is 0 Å². The molecule has 0 spiro atoms. The van der Waals surface area contributed by atoms with Gasteiger partial charge in [0, 0.05) is 38.6 Å². The van der Waals surface area contributed by atoms with E-state index in [2.05, 4.69) is 34.4 Å². The normalized spacial score (nSPS) is 29.8. The van der Waals surface area contributed by atoms with Crippen molar-refractivity contribution in [2.24, 2.45) is 11.3 Å². The molecule has 1 amide bonds. The van der Waals surface area contributed by atoms with Crippen molar-refractivity contribution >= 4 is 22.4 Å². The summed E-state index contributed by atoms with van der Waals surface area (Å²) < 4.78 is 0. The fourth-order valence-corrected chi connectivity index (χ4v) is 4.17. The summed E-state index contributed by atoms with van der Waals surface area (Å²) in [7, 11) is 3.97. The molecular formula is C13H21N5OS. The molecule has 0 bridgehead atoms. The molecule has 2 saturated heterocycles. The first-order chi connectivity index (χ1) is 9.50. The van der Waals surface area contributed by atoms with Gasteiger partial charge in [-0.1, -0.05) is 18.3 Å². The van der Waals surface area contributed by atoms with E-state index in [0.717, 1.165) is 36.3 Å². The molecule has 0 aliphatic carbocycles. The van der Waals surface area contributed by atoms with Gasteiger partial charge in [0.2, 0.25) is 11.0 Å². The van der Waals surface area contributed by atoms with E-state index < -0.39 is 0 Å². The molecule has 0 radical (unpaired) electrons. The molecule has 1 aromatic rings. The summed E-state index contributed by atoms with van der Waals surface area (Å²) in [5, 5.41) is 12.5. The molecule has 2 aliphatic heterocycles. The summed E-state index contributed by atoms with van der Waals surface area (Å²) in [6, 6.07) is 0. The molecule has 3 heterocycles. The van der Waals surface area contributed by atoms with Crippen molar-refractivity contribution in [2.75, 3.05) is 45.6 Å². The Labute approximate surface area is 123 Å². The van der Waals surface area contributed by atoms with E-state index in [9.17, 15) is 4.79 Å². The lowest BCUT2D eigenvalue weighted by Gasteiger charge is -2.23. The van der Waals surface area contributed by atoms with Crippen LogP contribution in [0.15, 0.2) is 0 Å². The van der Waals surface area contributed by atoms with Gasteiger partial charge in [-0.3, -0.25) is 4.79 Å². The van der Waals surface area contributed by atoms with Gasteiger partial charge in [0.25, 0.3) is 0 Å². The van der Waals surface area contributed by atoms with Crippen LogP contribution in [0.5, 0.6) is 0 Å². The second kappa shape index (κ2) is 4.96. The van der Waals surface area contributed by atoms with Crippen molar-refractivity contribution in [1.82, 2.24) is 20.0 Å². The first kappa shape index (κ1) is 13.8. The van der Waals surface area contributed by atoms with Crippen molar-refractivity contribution in [3.63, 3.8) is 0 Å². The Bertz CT molecular complexity index is 519. The number of carbonyl (C=O) groups excluding carboxylic acids is 1. The van der Waals surface area contributed by atoms with Crippen molar-refractivity contribution < 1.29 is 4.79 Å². The number of aromatic nitrogens is 2. The maximum Gasteiger partial charge on any atom is 0.229 e. The Hall–Kier alpha value is -1.21. The number of nitrogens with one attached hydrogen (secondary N) is 1. The molecule has 20 heavy (non-hydrogen) atoms. The van der Waals surface area contributed by atoms with Crippen LogP contribution in [0.1, 0.15) is 11.9 Å². The van der Waals surface area contributed by atoms with E-state index >= 15 is 0 Å². The first-order valence-electron chi connectivity index (χ1n) is 6.96. The molecule has 6 nitrogen and oxygen atoms in total. The topological polar surface area (TPSA) is 61.4 Å². The number of nitrogens with zero attached hydrogens (tertiary/aromatic N) is 4. The molecule has 3 rings (SSSR count). The maximum atomic E-state index is 12.4. The van der Waals surface area contributed by atoms with Gasteiger partial charge in [-0.2, -0.15) is 0 Å². The van der Waals surface area contributed by atoms with Crippen LogP contribution in [-0.4, -0.2) is 66.2 Å². The van der Waals surface area contributed by atoms with Gasteiger partial charge >= 0.3 is 0 Å². The standard InChI is InChI=1S/C13H21N5OS/c1-13-7-17(3)5-9(13)6-18(8-13)11(19)4-10-15-16-12(14-2)20-10/h9H,4-8H2,1-3H3,(H,14,16)/t9-,13+/m0/s1. The highest BCUT2D eigenvalue weighted by Gasteiger charge is 2.49. The predicted octanol–water partition coefficient (Wildman–Crippen LogP) is 0.532. The molecule has 2 atom stereocenters. The Morgan fingerprint density at radius 3 is 2.90 bits per heavy atom. The van der Waals surface area contributed by atoms with Gasteiger partial charge in [-0.25, -0.2) is 0 Å². The van der Waals surface area contributed by atoms with E-state index in [1.807, 2.05) is 11.9 Å². The first-order valence-corrected chi connectivity index (χ1v) is 7.78. The quantitative estimate of drug-likeness (QED) is 0.881. The average Bonchev–Trinajstić information content (AvgIpc) is 3.00. The molecule has 7 heteroatoms.